The maximum Gasteiger partial charge on any atom is 0.317 e. The van der Waals surface area contributed by atoms with Crippen LogP contribution >= 0.6 is 0 Å². The third-order valence-corrected chi connectivity index (χ3v) is 5.01. The third kappa shape index (κ3) is 4.87. The maximum atomic E-state index is 12.1. The SMILES string of the molecule is CCN(CC(=O)O)C1CC(NC(=O)NC(C)(C)C(C)(C)C)C1. The molecule has 0 aromatic heterocycles. The van der Waals surface area contributed by atoms with E-state index in [1.807, 2.05) is 25.7 Å². The number of likely N-dealkylation sites (N-methyl/N-ethyl adjacent to an activating group) is 1. The Hall–Kier alpha value is -1.30. The van der Waals surface area contributed by atoms with Crippen molar-refractivity contribution in [2.75, 3.05) is 13.1 Å². The molecule has 6 heteroatoms. The van der Waals surface area contributed by atoms with E-state index in [2.05, 4.69) is 31.4 Å². The summed E-state index contributed by atoms with van der Waals surface area (Å²) in [6, 6.07) is 0.232. The lowest BCUT2D eigenvalue weighted by Crippen LogP contribution is -2.60. The summed E-state index contributed by atoms with van der Waals surface area (Å²) < 4.78 is 0. The van der Waals surface area contributed by atoms with Gasteiger partial charge in [0.15, 0.2) is 0 Å². The summed E-state index contributed by atoms with van der Waals surface area (Å²) in [6.45, 7) is 13.1. The van der Waals surface area contributed by atoms with Gasteiger partial charge in [0.25, 0.3) is 0 Å². The second-order valence-corrected chi connectivity index (χ2v) is 7.75. The van der Waals surface area contributed by atoms with Gasteiger partial charge in [-0.1, -0.05) is 27.7 Å². The number of carboxylic acids is 1. The van der Waals surface area contributed by atoms with Gasteiger partial charge < -0.3 is 15.7 Å². The first kappa shape index (κ1) is 18.7. The maximum absolute atomic E-state index is 12.1. The summed E-state index contributed by atoms with van der Waals surface area (Å²) >= 11 is 0. The zero-order valence-electron chi connectivity index (χ0n) is 14.7. The fourth-order valence-electron chi connectivity index (χ4n) is 2.37. The molecule has 1 aliphatic rings. The van der Waals surface area contributed by atoms with E-state index in [4.69, 9.17) is 5.11 Å². The lowest BCUT2D eigenvalue weighted by molar-refractivity contribution is -0.139. The standard InChI is InChI=1S/C16H31N3O3/c1-7-19(10-13(20)21)12-8-11(9-12)17-14(22)18-16(5,6)15(2,3)4/h11-12H,7-10H2,1-6H3,(H,20,21)(H2,17,18,22). The van der Waals surface area contributed by atoms with E-state index in [-0.39, 0.29) is 35.6 Å². The van der Waals surface area contributed by atoms with Gasteiger partial charge in [-0.15, -0.1) is 0 Å². The van der Waals surface area contributed by atoms with Crippen molar-refractivity contribution < 1.29 is 14.7 Å². The molecule has 1 aliphatic carbocycles. The molecule has 22 heavy (non-hydrogen) atoms. The predicted octanol–water partition coefficient (Wildman–Crippen LogP) is 2.05. The number of nitrogens with one attached hydrogen (secondary N) is 2. The molecule has 1 fully saturated rings. The van der Waals surface area contributed by atoms with Crippen LogP contribution in [0.25, 0.3) is 0 Å². The molecule has 6 nitrogen and oxygen atoms in total. The molecule has 0 spiro atoms. The van der Waals surface area contributed by atoms with Crippen LogP contribution in [0.4, 0.5) is 4.79 Å². The van der Waals surface area contributed by atoms with Crippen LogP contribution in [-0.4, -0.2) is 52.7 Å². The largest absolute Gasteiger partial charge is 0.480 e. The first-order chi connectivity index (χ1) is 9.96. The van der Waals surface area contributed by atoms with Crippen LogP contribution < -0.4 is 10.6 Å². The Morgan fingerprint density at radius 2 is 1.73 bits per heavy atom. The van der Waals surface area contributed by atoms with Gasteiger partial charge in [0, 0.05) is 17.6 Å². The fourth-order valence-corrected chi connectivity index (χ4v) is 2.37. The summed E-state index contributed by atoms with van der Waals surface area (Å²) in [4.78, 5) is 24.8. The minimum absolute atomic E-state index is 0.0347. The van der Waals surface area contributed by atoms with E-state index in [0.717, 1.165) is 12.8 Å². The molecule has 3 N–H and O–H groups in total. The molecule has 1 rings (SSSR count). The van der Waals surface area contributed by atoms with Gasteiger partial charge in [0.2, 0.25) is 0 Å². The molecule has 0 bridgehead atoms. The highest BCUT2D eigenvalue weighted by Gasteiger charge is 2.37. The van der Waals surface area contributed by atoms with E-state index >= 15 is 0 Å². The molecule has 0 atom stereocenters. The van der Waals surface area contributed by atoms with Crippen molar-refractivity contribution in [3.05, 3.63) is 0 Å². The van der Waals surface area contributed by atoms with Gasteiger partial charge in [0.05, 0.1) is 6.54 Å². The highest BCUT2D eigenvalue weighted by molar-refractivity contribution is 5.75. The molecule has 0 saturated heterocycles. The molecule has 0 aromatic rings. The molecular formula is C16H31N3O3. The number of hydrogen-bond donors (Lipinski definition) is 3. The number of aliphatic carboxylic acids is 1. The first-order valence-corrected chi connectivity index (χ1v) is 8.00. The summed E-state index contributed by atoms with van der Waals surface area (Å²) in [5.74, 6) is -0.803. The average molecular weight is 313 g/mol. The van der Waals surface area contributed by atoms with Gasteiger partial charge in [-0.05, 0) is 38.6 Å². The van der Waals surface area contributed by atoms with Crippen LogP contribution in [0, 0.1) is 5.41 Å². The van der Waals surface area contributed by atoms with Crippen LogP contribution in [0.3, 0.4) is 0 Å². The Bertz CT molecular complexity index is 409. The van der Waals surface area contributed by atoms with Crippen LogP contribution in [0.5, 0.6) is 0 Å². The lowest BCUT2D eigenvalue weighted by Gasteiger charge is -2.44. The Kier molecular flexibility index (Phi) is 5.84. The molecule has 0 heterocycles. The minimum atomic E-state index is -0.803. The van der Waals surface area contributed by atoms with Crippen molar-refractivity contribution in [2.45, 2.75) is 72.0 Å². The molecule has 1 saturated carbocycles. The number of carboxylic acid groups (broad SMARTS) is 1. The van der Waals surface area contributed by atoms with Gasteiger partial charge in [-0.2, -0.15) is 0 Å². The molecule has 0 aromatic carbocycles. The monoisotopic (exact) mass is 313 g/mol. The highest BCUT2D eigenvalue weighted by atomic mass is 16.4. The van der Waals surface area contributed by atoms with Crippen LogP contribution in [0.15, 0.2) is 0 Å². The van der Waals surface area contributed by atoms with Crippen molar-refractivity contribution >= 4 is 12.0 Å². The predicted molar refractivity (Wildman–Crippen MR) is 86.9 cm³/mol. The Balaban J connectivity index is 2.39. The second kappa shape index (κ2) is 6.86. The van der Waals surface area contributed by atoms with Gasteiger partial charge >= 0.3 is 12.0 Å². The van der Waals surface area contributed by atoms with Gasteiger partial charge in [0.1, 0.15) is 0 Å². The lowest BCUT2D eigenvalue weighted by atomic mass is 9.76. The van der Waals surface area contributed by atoms with Crippen molar-refractivity contribution in [1.29, 1.82) is 0 Å². The van der Waals surface area contributed by atoms with Crippen molar-refractivity contribution in [2.24, 2.45) is 5.41 Å². The summed E-state index contributed by atoms with van der Waals surface area (Å²) in [6.07, 6.45) is 1.62. The number of carbonyl (C=O) groups excluding carboxylic acids is 1. The summed E-state index contributed by atoms with van der Waals surface area (Å²) in [7, 11) is 0. The minimum Gasteiger partial charge on any atom is -0.480 e. The van der Waals surface area contributed by atoms with E-state index in [1.54, 1.807) is 0 Å². The number of carbonyl (C=O) groups is 2. The number of urea groups is 1. The summed E-state index contributed by atoms with van der Waals surface area (Å²) in [5, 5.41) is 14.9. The van der Waals surface area contributed by atoms with Gasteiger partial charge in [-0.3, -0.25) is 9.69 Å². The third-order valence-electron chi connectivity index (χ3n) is 5.01. The van der Waals surface area contributed by atoms with Crippen LogP contribution in [-0.2, 0) is 4.79 Å². The van der Waals surface area contributed by atoms with Crippen LogP contribution in [0.1, 0.15) is 54.4 Å². The zero-order valence-corrected chi connectivity index (χ0v) is 14.7. The van der Waals surface area contributed by atoms with Crippen molar-refractivity contribution in [3.63, 3.8) is 0 Å². The second-order valence-electron chi connectivity index (χ2n) is 7.75. The smallest absolute Gasteiger partial charge is 0.317 e. The Labute approximate surface area is 133 Å². The fraction of sp³-hybridized carbons (Fsp3) is 0.875. The van der Waals surface area contributed by atoms with Gasteiger partial charge in [-0.25, -0.2) is 4.79 Å². The summed E-state index contributed by atoms with van der Waals surface area (Å²) in [5.41, 5.74) is -0.341. The van der Waals surface area contributed by atoms with E-state index < -0.39 is 5.97 Å². The van der Waals surface area contributed by atoms with E-state index in [1.165, 1.54) is 0 Å². The Morgan fingerprint density at radius 3 is 2.14 bits per heavy atom. The quantitative estimate of drug-likeness (QED) is 0.701. The number of nitrogens with zero attached hydrogens (tertiary/aromatic N) is 1. The molecule has 0 unspecified atom stereocenters. The van der Waals surface area contributed by atoms with E-state index in [9.17, 15) is 9.59 Å². The molecule has 0 aliphatic heterocycles. The number of rotatable bonds is 6. The molecule has 128 valence electrons. The van der Waals surface area contributed by atoms with E-state index in [0.29, 0.717) is 6.54 Å². The normalized spacial score (nSPS) is 22.1. The highest BCUT2D eigenvalue weighted by Crippen LogP contribution is 2.30. The first-order valence-electron chi connectivity index (χ1n) is 8.00. The van der Waals surface area contributed by atoms with Crippen molar-refractivity contribution in [3.8, 4) is 0 Å². The molecular weight excluding hydrogens is 282 g/mol. The average Bonchev–Trinajstić information content (AvgIpc) is 2.28. The zero-order chi connectivity index (χ0) is 17.1. The number of amides is 2. The number of hydrogen-bond acceptors (Lipinski definition) is 3. The van der Waals surface area contributed by atoms with Crippen molar-refractivity contribution in [1.82, 2.24) is 15.5 Å². The molecule has 0 radical (unpaired) electrons. The molecule has 2 amide bonds. The Morgan fingerprint density at radius 1 is 1.18 bits per heavy atom. The topological polar surface area (TPSA) is 81.7 Å². The van der Waals surface area contributed by atoms with Crippen LogP contribution in [0.2, 0.25) is 0 Å².